The second-order valence-electron chi connectivity index (χ2n) is 4.97. The van der Waals surface area contributed by atoms with E-state index >= 15 is 0 Å². The molecule has 1 aliphatic heterocycles. The van der Waals surface area contributed by atoms with Crippen LogP contribution in [-0.2, 0) is 0 Å². The Balaban J connectivity index is 1.77. The first-order valence-corrected chi connectivity index (χ1v) is 7.61. The van der Waals surface area contributed by atoms with E-state index in [2.05, 4.69) is 46.5 Å². The van der Waals surface area contributed by atoms with Crippen molar-refractivity contribution in [1.82, 2.24) is 10.3 Å². The molecule has 0 radical (unpaired) electrons. The number of thiazole rings is 1. The molecule has 3 rings (SSSR count). The zero-order valence-electron chi connectivity index (χ0n) is 11.2. The van der Waals surface area contributed by atoms with Crippen LogP contribution in [0.4, 0.5) is 5.13 Å². The molecule has 4 heteroatoms. The summed E-state index contributed by atoms with van der Waals surface area (Å²) in [5.74, 6) is 0. The van der Waals surface area contributed by atoms with Crippen molar-refractivity contribution < 1.29 is 0 Å². The van der Waals surface area contributed by atoms with Gasteiger partial charge in [0.25, 0.3) is 0 Å². The van der Waals surface area contributed by atoms with E-state index in [0.717, 1.165) is 18.2 Å². The Morgan fingerprint density at radius 3 is 2.68 bits per heavy atom. The maximum atomic E-state index is 4.59. The van der Waals surface area contributed by atoms with Crippen LogP contribution in [0.25, 0.3) is 10.4 Å². The fraction of sp³-hybridized carbons (Fsp3) is 0.400. The quantitative estimate of drug-likeness (QED) is 0.932. The number of hydrogen-bond donors (Lipinski definition) is 1. The summed E-state index contributed by atoms with van der Waals surface area (Å²) in [5, 5.41) is 4.54. The number of benzene rings is 1. The smallest absolute Gasteiger partial charge is 0.185 e. The van der Waals surface area contributed by atoms with E-state index in [9.17, 15) is 0 Å². The lowest BCUT2D eigenvalue weighted by Gasteiger charge is -2.31. The molecular formula is C15H19N3S. The molecular weight excluding hydrogens is 254 g/mol. The number of rotatable bonds is 3. The van der Waals surface area contributed by atoms with Crippen molar-refractivity contribution in [3.05, 3.63) is 36.5 Å². The number of piperidine rings is 1. The third kappa shape index (κ3) is 2.80. The molecule has 19 heavy (non-hydrogen) atoms. The number of aromatic nitrogens is 1. The van der Waals surface area contributed by atoms with E-state index in [0.29, 0.717) is 6.04 Å². The van der Waals surface area contributed by atoms with Crippen LogP contribution >= 0.6 is 11.3 Å². The second-order valence-corrected chi connectivity index (χ2v) is 5.97. The van der Waals surface area contributed by atoms with Gasteiger partial charge < -0.3 is 10.2 Å². The first kappa shape index (κ1) is 12.6. The third-order valence-corrected chi connectivity index (χ3v) is 4.85. The summed E-state index contributed by atoms with van der Waals surface area (Å²) in [6.07, 6.45) is 4.40. The molecule has 1 N–H and O–H groups in total. The number of nitrogens with zero attached hydrogens (tertiary/aromatic N) is 2. The van der Waals surface area contributed by atoms with Gasteiger partial charge in [-0.25, -0.2) is 4.98 Å². The highest BCUT2D eigenvalue weighted by atomic mass is 32.1. The Morgan fingerprint density at radius 1 is 1.21 bits per heavy atom. The minimum absolute atomic E-state index is 0.621. The molecule has 0 aliphatic carbocycles. The van der Waals surface area contributed by atoms with Crippen LogP contribution in [0.3, 0.4) is 0 Å². The monoisotopic (exact) mass is 273 g/mol. The number of hydrogen-bond acceptors (Lipinski definition) is 4. The van der Waals surface area contributed by atoms with Gasteiger partial charge in [0, 0.05) is 19.3 Å². The molecule has 1 fully saturated rings. The van der Waals surface area contributed by atoms with Gasteiger partial charge in [-0.3, -0.25) is 0 Å². The van der Waals surface area contributed by atoms with Gasteiger partial charge in [0.1, 0.15) is 0 Å². The Labute approximate surface area is 118 Å². The van der Waals surface area contributed by atoms with Crippen LogP contribution in [0.1, 0.15) is 12.8 Å². The molecule has 1 saturated heterocycles. The highest BCUT2D eigenvalue weighted by Gasteiger charge is 2.20. The SMILES string of the molecule is CN(c1ncc(-c2ccccc2)s1)C1CCNCC1. The summed E-state index contributed by atoms with van der Waals surface area (Å²) in [7, 11) is 2.17. The molecule has 0 spiro atoms. The first-order chi connectivity index (χ1) is 9.34. The van der Waals surface area contributed by atoms with E-state index in [-0.39, 0.29) is 0 Å². The van der Waals surface area contributed by atoms with Gasteiger partial charge >= 0.3 is 0 Å². The van der Waals surface area contributed by atoms with Crippen molar-refractivity contribution in [2.75, 3.05) is 25.0 Å². The average Bonchev–Trinajstić information content (AvgIpc) is 2.98. The maximum Gasteiger partial charge on any atom is 0.185 e. The van der Waals surface area contributed by atoms with Gasteiger partial charge in [-0.1, -0.05) is 41.7 Å². The summed E-state index contributed by atoms with van der Waals surface area (Å²) >= 11 is 1.78. The van der Waals surface area contributed by atoms with Gasteiger partial charge in [0.15, 0.2) is 5.13 Å². The first-order valence-electron chi connectivity index (χ1n) is 6.79. The summed E-state index contributed by atoms with van der Waals surface area (Å²) in [6, 6.07) is 11.1. The fourth-order valence-corrected chi connectivity index (χ4v) is 3.47. The lowest BCUT2D eigenvalue weighted by atomic mass is 10.1. The summed E-state index contributed by atoms with van der Waals surface area (Å²) < 4.78 is 0. The standard InChI is InChI=1S/C15H19N3S/c1-18(13-7-9-16-10-8-13)15-17-11-14(19-15)12-5-3-2-4-6-12/h2-6,11,13,16H,7-10H2,1H3. The van der Waals surface area contributed by atoms with Crippen LogP contribution < -0.4 is 10.2 Å². The van der Waals surface area contributed by atoms with E-state index in [4.69, 9.17) is 0 Å². The van der Waals surface area contributed by atoms with E-state index in [1.54, 1.807) is 11.3 Å². The Hall–Kier alpha value is -1.39. The minimum Gasteiger partial charge on any atom is -0.348 e. The summed E-state index contributed by atoms with van der Waals surface area (Å²) in [5.41, 5.74) is 1.25. The molecule has 2 aromatic rings. The Morgan fingerprint density at radius 2 is 1.95 bits per heavy atom. The molecule has 0 amide bonds. The summed E-state index contributed by atoms with van der Waals surface area (Å²) in [6.45, 7) is 2.23. The second kappa shape index (κ2) is 5.72. The van der Waals surface area contributed by atoms with E-state index < -0.39 is 0 Å². The van der Waals surface area contributed by atoms with Crippen molar-refractivity contribution in [3.8, 4) is 10.4 Å². The van der Waals surface area contributed by atoms with Crippen LogP contribution in [0.15, 0.2) is 36.5 Å². The topological polar surface area (TPSA) is 28.2 Å². The van der Waals surface area contributed by atoms with E-state index in [1.165, 1.54) is 23.3 Å². The molecule has 1 aromatic heterocycles. The molecule has 0 atom stereocenters. The van der Waals surface area contributed by atoms with Crippen molar-refractivity contribution in [2.24, 2.45) is 0 Å². The molecule has 1 aliphatic rings. The maximum absolute atomic E-state index is 4.59. The van der Waals surface area contributed by atoms with Crippen LogP contribution in [0, 0.1) is 0 Å². The molecule has 1 aromatic carbocycles. The molecule has 0 bridgehead atoms. The largest absolute Gasteiger partial charge is 0.348 e. The predicted molar refractivity (Wildman–Crippen MR) is 81.8 cm³/mol. The van der Waals surface area contributed by atoms with Crippen molar-refractivity contribution in [3.63, 3.8) is 0 Å². The molecule has 100 valence electrons. The minimum atomic E-state index is 0.621. The Kier molecular flexibility index (Phi) is 3.80. The van der Waals surface area contributed by atoms with Crippen molar-refractivity contribution in [1.29, 1.82) is 0 Å². The molecule has 0 unspecified atom stereocenters. The van der Waals surface area contributed by atoms with Gasteiger partial charge in [0.05, 0.1) is 4.88 Å². The highest BCUT2D eigenvalue weighted by molar-refractivity contribution is 7.18. The van der Waals surface area contributed by atoms with Gasteiger partial charge in [-0.15, -0.1) is 0 Å². The van der Waals surface area contributed by atoms with Gasteiger partial charge in [-0.2, -0.15) is 0 Å². The average molecular weight is 273 g/mol. The highest BCUT2D eigenvalue weighted by Crippen LogP contribution is 2.32. The summed E-state index contributed by atoms with van der Waals surface area (Å²) in [4.78, 5) is 8.18. The molecule has 2 heterocycles. The lowest BCUT2D eigenvalue weighted by Crippen LogP contribution is -2.41. The zero-order valence-corrected chi connectivity index (χ0v) is 12.0. The van der Waals surface area contributed by atoms with E-state index in [1.807, 2.05) is 12.3 Å². The van der Waals surface area contributed by atoms with Crippen molar-refractivity contribution >= 4 is 16.5 Å². The number of nitrogens with one attached hydrogen (secondary N) is 1. The van der Waals surface area contributed by atoms with Gasteiger partial charge in [-0.05, 0) is 31.5 Å². The van der Waals surface area contributed by atoms with Gasteiger partial charge in [0.2, 0.25) is 0 Å². The molecule has 0 saturated carbocycles. The van der Waals surface area contributed by atoms with Crippen molar-refractivity contribution in [2.45, 2.75) is 18.9 Å². The third-order valence-electron chi connectivity index (χ3n) is 3.71. The van der Waals surface area contributed by atoms with Crippen LogP contribution in [0.2, 0.25) is 0 Å². The predicted octanol–water partition coefficient (Wildman–Crippen LogP) is 3.00. The van der Waals surface area contributed by atoms with Crippen LogP contribution in [-0.4, -0.2) is 31.2 Å². The number of anilines is 1. The zero-order chi connectivity index (χ0) is 13.1. The fourth-order valence-electron chi connectivity index (χ4n) is 2.51. The normalized spacial score (nSPS) is 16.5. The lowest BCUT2D eigenvalue weighted by molar-refractivity contribution is 0.443. The van der Waals surface area contributed by atoms with Crippen LogP contribution in [0.5, 0.6) is 0 Å². The Bertz CT molecular complexity index is 517. The molecule has 3 nitrogen and oxygen atoms in total.